The highest BCUT2D eigenvalue weighted by Crippen LogP contribution is 2.33. The number of amides is 3. The Balaban J connectivity index is 1.26. The lowest BCUT2D eigenvalue weighted by molar-refractivity contribution is -0.152. The molecule has 0 spiro atoms. The molecule has 1 atom stereocenters. The lowest BCUT2D eigenvalue weighted by atomic mass is 10.1. The summed E-state index contributed by atoms with van der Waals surface area (Å²) in [5, 5.41) is 0. The Morgan fingerprint density at radius 2 is 1.65 bits per heavy atom. The van der Waals surface area contributed by atoms with E-state index in [-0.39, 0.29) is 37.4 Å². The zero-order valence-electron chi connectivity index (χ0n) is 17.1. The molecule has 0 aromatic heterocycles. The highest BCUT2D eigenvalue weighted by atomic mass is 16.6. The zero-order valence-corrected chi connectivity index (χ0v) is 17.1. The maximum absolute atomic E-state index is 12.4. The number of fused-ring (bicyclic) bond motifs is 2. The van der Waals surface area contributed by atoms with E-state index < -0.39 is 12.1 Å². The second-order valence-electron chi connectivity index (χ2n) is 7.39. The van der Waals surface area contributed by atoms with Crippen molar-refractivity contribution in [3.63, 3.8) is 0 Å². The maximum atomic E-state index is 12.4. The first-order valence-corrected chi connectivity index (χ1v) is 10.1. The first-order chi connectivity index (χ1) is 15.0. The van der Waals surface area contributed by atoms with Crippen LogP contribution in [-0.4, -0.2) is 54.4 Å². The normalized spacial score (nSPS) is 17.1. The van der Waals surface area contributed by atoms with E-state index in [9.17, 15) is 19.2 Å². The quantitative estimate of drug-likeness (QED) is 0.403. The Kier molecular flexibility index (Phi) is 5.70. The van der Waals surface area contributed by atoms with Crippen molar-refractivity contribution in [2.75, 3.05) is 24.6 Å². The number of hydrogen-bond donors (Lipinski definition) is 0. The molecule has 2 heterocycles. The molecule has 0 fully saturated rings. The van der Waals surface area contributed by atoms with E-state index in [1.807, 2.05) is 0 Å². The van der Waals surface area contributed by atoms with Gasteiger partial charge in [0.05, 0.1) is 30.0 Å². The first kappa shape index (κ1) is 20.6. The van der Waals surface area contributed by atoms with E-state index in [1.54, 1.807) is 48.5 Å². The third-order valence-electron chi connectivity index (χ3n) is 5.32. The van der Waals surface area contributed by atoms with Gasteiger partial charge in [-0.25, -0.2) is 4.79 Å². The highest BCUT2D eigenvalue weighted by molar-refractivity contribution is 6.21. The minimum atomic E-state index is -0.907. The summed E-state index contributed by atoms with van der Waals surface area (Å²) in [6.07, 6.45) is 0.0842. The summed E-state index contributed by atoms with van der Waals surface area (Å²) >= 11 is 0. The fourth-order valence-electron chi connectivity index (χ4n) is 3.74. The second kappa shape index (κ2) is 8.59. The van der Waals surface area contributed by atoms with Crippen molar-refractivity contribution in [3.8, 4) is 5.75 Å². The van der Waals surface area contributed by atoms with Crippen LogP contribution < -0.4 is 9.64 Å². The topological polar surface area (TPSA) is 93.2 Å². The Labute approximate surface area is 179 Å². The van der Waals surface area contributed by atoms with Crippen molar-refractivity contribution < 1.29 is 28.7 Å². The molecule has 4 rings (SSSR count). The number of hydrogen-bond acceptors (Lipinski definition) is 6. The summed E-state index contributed by atoms with van der Waals surface area (Å²) in [6, 6.07) is 13.8. The molecule has 0 aliphatic carbocycles. The SMILES string of the molecule is CC(=O)N1CC(C(=O)OCCCCN2C(=O)c3ccccc3C2=O)Oc2ccccc21. The number of nitrogens with zero attached hydrogens (tertiary/aromatic N) is 2. The van der Waals surface area contributed by atoms with E-state index in [0.717, 1.165) is 0 Å². The van der Waals surface area contributed by atoms with E-state index in [4.69, 9.17) is 9.47 Å². The number of rotatable bonds is 6. The first-order valence-electron chi connectivity index (χ1n) is 10.1. The largest absolute Gasteiger partial charge is 0.475 e. The van der Waals surface area contributed by atoms with Gasteiger partial charge in [-0.3, -0.25) is 19.3 Å². The van der Waals surface area contributed by atoms with Gasteiger partial charge in [0.2, 0.25) is 12.0 Å². The van der Waals surface area contributed by atoms with Gasteiger partial charge in [0.25, 0.3) is 11.8 Å². The van der Waals surface area contributed by atoms with Crippen molar-refractivity contribution >= 4 is 29.4 Å². The maximum Gasteiger partial charge on any atom is 0.349 e. The van der Waals surface area contributed by atoms with Crippen LogP contribution in [0.25, 0.3) is 0 Å². The van der Waals surface area contributed by atoms with Gasteiger partial charge in [0, 0.05) is 13.5 Å². The molecule has 0 saturated heterocycles. The number of para-hydroxylation sites is 2. The molecule has 0 bridgehead atoms. The van der Waals surface area contributed by atoms with Crippen molar-refractivity contribution in [1.82, 2.24) is 4.90 Å². The molecular weight excluding hydrogens is 400 g/mol. The third kappa shape index (κ3) is 4.01. The summed E-state index contributed by atoms with van der Waals surface area (Å²) in [4.78, 5) is 51.8. The molecule has 8 nitrogen and oxygen atoms in total. The minimum Gasteiger partial charge on any atom is -0.475 e. The molecule has 2 aliphatic rings. The summed E-state index contributed by atoms with van der Waals surface area (Å²) in [6.45, 7) is 1.91. The molecule has 0 N–H and O–H groups in total. The fraction of sp³-hybridized carbons (Fsp3) is 0.304. The third-order valence-corrected chi connectivity index (χ3v) is 5.32. The summed E-state index contributed by atoms with van der Waals surface area (Å²) in [5.41, 5.74) is 1.47. The van der Waals surface area contributed by atoms with Gasteiger partial charge in [-0.05, 0) is 37.1 Å². The van der Waals surface area contributed by atoms with Crippen LogP contribution >= 0.6 is 0 Å². The van der Waals surface area contributed by atoms with Crippen molar-refractivity contribution in [2.45, 2.75) is 25.9 Å². The summed E-state index contributed by atoms with van der Waals surface area (Å²) in [7, 11) is 0. The number of ether oxygens (including phenoxy) is 2. The van der Waals surface area contributed by atoms with Crippen molar-refractivity contribution in [1.29, 1.82) is 0 Å². The molecule has 3 amide bonds. The van der Waals surface area contributed by atoms with Gasteiger partial charge in [-0.1, -0.05) is 24.3 Å². The van der Waals surface area contributed by atoms with E-state index in [1.165, 1.54) is 16.7 Å². The molecule has 1 unspecified atom stereocenters. The zero-order chi connectivity index (χ0) is 22.0. The summed E-state index contributed by atoms with van der Waals surface area (Å²) in [5.74, 6) is -0.875. The molecule has 8 heteroatoms. The molecule has 2 aliphatic heterocycles. The van der Waals surface area contributed by atoms with Crippen LogP contribution in [0.1, 0.15) is 40.5 Å². The number of unbranched alkanes of at least 4 members (excludes halogenated alkanes) is 1. The predicted molar refractivity (Wildman–Crippen MR) is 111 cm³/mol. The molecule has 0 radical (unpaired) electrons. The molecule has 0 saturated carbocycles. The van der Waals surface area contributed by atoms with Crippen LogP contribution in [0.15, 0.2) is 48.5 Å². The average molecular weight is 422 g/mol. The number of carbonyl (C=O) groups excluding carboxylic acids is 4. The van der Waals surface area contributed by atoms with Gasteiger partial charge in [0.15, 0.2) is 0 Å². The number of carbonyl (C=O) groups is 4. The lowest BCUT2D eigenvalue weighted by Crippen LogP contribution is -2.47. The smallest absolute Gasteiger partial charge is 0.349 e. The van der Waals surface area contributed by atoms with Gasteiger partial charge in [-0.15, -0.1) is 0 Å². The highest BCUT2D eigenvalue weighted by Gasteiger charge is 2.35. The Morgan fingerprint density at radius 3 is 2.32 bits per heavy atom. The standard InChI is InChI=1S/C23H22N2O6/c1-15(26)25-14-20(31-19-11-5-4-10-18(19)25)23(29)30-13-7-6-12-24-21(27)16-8-2-3-9-17(16)22(24)28/h2-5,8-11,20H,6-7,12-14H2,1H3. The van der Waals surface area contributed by atoms with E-state index >= 15 is 0 Å². The van der Waals surface area contributed by atoms with E-state index in [0.29, 0.717) is 35.4 Å². The van der Waals surface area contributed by atoms with Crippen LogP contribution in [-0.2, 0) is 14.3 Å². The number of benzene rings is 2. The number of anilines is 1. The van der Waals surface area contributed by atoms with Crippen LogP contribution in [0.4, 0.5) is 5.69 Å². The van der Waals surface area contributed by atoms with Gasteiger partial charge >= 0.3 is 5.97 Å². The van der Waals surface area contributed by atoms with E-state index in [2.05, 4.69) is 0 Å². The molecular formula is C23H22N2O6. The van der Waals surface area contributed by atoms with Crippen LogP contribution in [0, 0.1) is 0 Å². The Hall–Kier alpha value is -3.68. The van der Waals surface area contributed by atoms with Crippen LogP contribution in [0.3, 0.4) is 0 Å². The molecule has 160 valence electrons. The average Bonchev–Trinajstić information content (AvgIpc) is 3.02. The monoisotopic (exact) mass is 422 g/mol. The van der Waals surface area contributed by atoms with Crippen molar-refractivity contribution in [2.24, 2.45) is 0 Å². The number of imide groups is 1. The lowest BCUT2D eigenvalue weighted by Gasteiger charge is -2.33. The van der Waals surface area contributed by atoms with Gasteiger partial charge in [-0.2, -0.15) is 0 Å². The fourth-order valence-corrected chi connectivity index (χ4v) is 3.74. The van der Waals surface area contributed by atoms with Crippen LogP contribution in [0.5, 0.6) is 5.75 Å². The van der Waals surface area contributed by atoms with Crippen molar-refractivity contribution in [3.05, 3.63) is 59.7 Å². The minimum absolute atomic E-state index is 0.0836. The second-order valence-corrected chi connectivity index (χ2v) is 7.39. The Bertz CT molecular complexity index is 1010. The Morgan fingerprint density at radius 1 is 1.00 bits per heavy atom. The predicted octanol–water partition coefficient (Wildman–Crippen LogP) is 2.42. The van der Waals surface area contributed by atoms with Crippen LogP contribution in [0.2, 0.25) is 0 Å². The number of esters is 1. The van der Waals surface area contributed by atoms with Gasteiger partial charge in [0.1, 0.15) is 5.75 Å². The molecule has 31 heavy (non-hydrogen) atoms. The molecule has 2 aromatic rings. The molecule has 2 aromatic carbocycles. The van der Waals surface area contributed by atoms with Gasteiger partial charge < -0.3 is 14.4 Å². The summed E-state index contributed by atoms with van der Waals surface area (Å²) < 4.78 is 11.0.